The first-order valence-corrected chi connectivity index (χ1v) is 10.2. The third-order valence-electron chi connectivity index (χ3n) is 4.12. The molecule has 0 atom stereocenters. The number of aromatic nitrogens is 4. The Labute approximate surface area is 156 Å². The molecule has 2 heterocycles. The number of rotatable bonds is 5. The van der Waals surface area contributed by atoms with Crippen LogP contribution in [0.4, 0.5) is 11.5 Å². The monoisotopic (exact) mass is 379 g/mol. The van der Waals surface area contributed by atoms with Crippen molar-refractivity contribution in [3.63, 3.8) is 0 Å². The Morgan fingerprint density at radius 1 is 1.07 bits per heavy atom. The molecule has 0 amide bonds. The Bertz CT molecular complexity index is 1200. The van der Waals surface area contributed by atoms with Crippen molar-refractivity contribution in [3.05, 3.63) is 72.8 Å². The lowest BCUT2D eigenvalue weighted by molar-refractivity contribution is 0.602. The first-order valence-electron chi connectivity index (χ1n) is 8.27. The number of nitrogens with zero attached hydrogens (tertiary/aromatic N) is 4. The summed E-state index contributed by atoms with van der Waals surface area (Å²) in [4.78, 5) is 8.69. The molecule has 0 unspecified atom stereocenters. The molecule has 7 nitrogen and oxygen atoms in total. The number of nitrogens with one attached hydrogen (secondary N) is 1. The van der Waals surface area contributed by atoms with Crippen molar-refractivity contribution < 1.29 is 8.42 Å². The van der Waals surface area contributed by atoms with Gasteiger partial charge in [0.2, 0.25) is 0 Å². The second kappa shape index (κ2) is 6.81. The summed E-state index contributed by atoms with van der Waals surface area (Å²) in [6.45, 7) is 0.658. The molecule has 4 rings (SSSR count). The molecule has 2 aromatic heterocycles. The first-order chi connectivity index (χ1) is 13.0. The number of anilines is 2. The molecule has 0 radical (unpaired) electrons. The van der Waals surface area contributed by atoms with Crippen LogP contribution in [0.25, 0.3) is 10.9 Å². The topological polar surface area (TPSA) is 89.8 Å². The third-order valence-corrected chi connectivity index (χ3v) is 5.23. The van der Waals surface area contributed by atoms with E-state index in [1.165, 1.54) is 12.6 Å². The lowest BCUT2D eigenvalue weighted by Gasteiger charge is -2.07. The van der Waals surface area contributed by atoms with Gasteiger partial charge in [0.15, 0.2) is 9.84 Å². The Morgan fingerprint density at radius 3 is 2.67 bits per heavy atom. The SMILES string of the molecule is CS(=O)(=O)c1ccc2ncnc(Nc3cnn(Cc4ccccc4)c3)c2c1. The first kappa shape index (κ1) is 17.2. The maximum Gasteiger partial charge on any atom is 0.175 e. The standard InChI is InChI=1S/C19H17N5O2S/c1-27(25,26)16-7-8-18-17(9-16)19(21-13-20-18)23-15-10-22-24(12-15)11-14-5-3-2-4-6-14/h2-10,12-13H,11H2,1H3,(H,20,21,23). The molecule has 2 aromatic carbocycles. The molecular weight excluding hydrogens is 362 g/mol. The van der Waals surface area contributed by atoms with Gasteiger partial charge in [-0.05, 0) is 23.8 Å². The van der Waals surface area contributed by atoms with Gasteiger partial charge in [-0.25, -0.2) is 18.4 Å². The summed E-state index contributed by atoms with van der Waals surface area (Å²) in [5, 5.41) is 8.20. The predicted octanol–water partition coefficient (Wildman–Crippen LogP) is 3.02. The molecule has 136 valence electrons. The number of hydrogen-bond donors (Lipinski definition) is 1. The zero-order chi connectivity index (χ0) is 18.9. The summed E-state index contributed by atoms with van der Waals surface area (Å²) in [5.41, 5.74) is 2.57. The molecule has 0 saturated carbocycles. The summed E-state index contributed by atoms with van der Waals surface area (Å²) < 4.78 is 25.5. The Morgan fingerprint density at radius 2 is 1.89 bits per heavy atom. The van der Waals surface area contributed by atoms with E-state index in [2.05, 4.69) is 20.4 Å². The van der Waals surface area contributed by atoms with Crippen LogP contribution in [-0.4, -0.2) is 34.4 Å². The fourth-order valence-electron chi connectivity index (χ4n) is 2.79. The van der Waals surface area contributed by atoms with E-state index in [4.69, 9.17) is 0 Å². The Hall–Kier alpha value is -3.26. The summed E-state index contributed by atoms with van der Waals surface area (Å²) in [7, 11) is -3.31. The summed E-state index contributed by atoms with van der Waals surface area (Å²) in [6.07, 6.45) is 6.20. The van der Waals surface area contributed by atoms with E-state index in [0.717, 1.165) is 11.3 Å². The second-order valence-corrected chi connectivity index (χ2v) is 8.23. The van der Waals surface area contributed by atoms with Crippen molar-refractivity contribution >= 4 is 32.2 Å². The van der Waals surface area contributed by atoms with Crippen molar-refractivity contribution in [2.75, 3.05) is 11.6 Å². The number of sulfone groups is 1. The minimum Gasteiger partial charge on any atom is -0.337 e. The lowest BCUT2D eigenvalue weighted by atomic mass is 10.2. The molecule has 0 bridgehead atoms. The van der Waals surface area contributed by atoms with E-state index in [0.29, 0.717) is 23.3 Å². The zero-order valence-corrected chi connectivity index (χ0v) is 15.4. The minimum atomic E-state index is -3.31. The van der Waals surface area contributed by atoms with Gasteiger partial charge >= 0.3 is 0 Å². The average molecular weight is 379 g/mol. The summed E-state index contributed by atoms with van der Waals surface area (Å²) in [6, 6.07) is 14.9. The fourth-order valence-corrected chi connectivity index (χ4v) is 3.43. The molecule has 0 aliphatic heterocycles. The van der Waals surface area contributed by atoms with Gasteiger partial charge < -0.3 is 5.32 Å². The van der Waals surface area contributed by atoms with Gasteiger partial charge in [0, 0.05) is 17.8 Å². The van der Waals surface area contributed by atoms with Gasteiger partial charge in [-0.1, -0.05) is 30.3 Å². The van der Waals surface area contributed by atoms with Crippen LogP contribution in [0.1, 0.15) is 5.56 Å². The lowest BCUT2D eigenvalue weighted by Crippen LogP contribution is -2.00. The molecule has 0 saturated heterocycles. The van der Waals surface area contributed by atoms with Crippen molar-refractivity contribution in [1.82, 2.24) is 19.7 Å². The van der Waals surface area contributed by atoms with E-state index < -0.39 is 9.84 Å². The van der Waals surface area contributed by atoms with Crippen LogP contribution in [0.3, 0.4) is 0 Å². The molecule has 0 aliphatic carbocycles. The Balaban J connectivity index is 1.64. The van der Waals surface area contributed by atoms with E-state index in [9.17, 15) is 8.42 Å². The summed E-state index contributed by atoms with van der Waals surface area (Å²) in [5.74, 6) is 0.532. The van der Waals surface area contributed by atoms with Crippen LogP contribution in [-0.2, 0) is 16.4 Å². The van der Waals surface area contributed by atoms with Gasteiger partial charge in [-0.15, -0.1) is 0 Å². The van der Waals surface area contributed by atoms with Gasteiger partial charge in [0.05, 0.1) is 28.8 Å². The molecule has 27 heavy (non-hydrogen) atoms. The molecule has 4 aromatic rings. The summed E-state index contributed by atoms with van der Waals surface area (Å²) >= 11 is 0. The van der Waals surface area contributed by atoms with Crippen LogP contribution < -0.4 is 5.32 Å². The maximum atomic E-state index is 11.8. The van der Waals surface area contributed by atoms with Crippen LogP contribution in [0.5, 0.6) is 0 Å². The van der Waals surface area contributed by atoms with Crippen LogP contribution >= 0.6 is 0 Å². The van der Waals surface area contributed by atoms with E-state index in [1.54, 1.807) is 24.4 Å². The van der Waals surface area contributed by atoms with Crippen LogP contribution in [0.2, 0.25) is 0 Å². The van der Waals surface area contributed by atoms with Crippen LogP contribution in [0, 0.1) is 0 Å². The van der Waals surface area contributed by atoms with Gasteiger partial charge in [-0.2, -0.15) is 5.10 Å². The number of fused-ring (bicyclic) bond motifs is 1. The highest BCUT2D eigenvalue weighted by Crippen LogP contribution is 2.25. The highest BCUT2D eigenvalue weighted by atomic mass is 32.2. The second-order valence-electron chi connectivity index (χ2n) is 6.21. The van der Waals surface area contributed by atoms with Crippen molar-refractivity contribution in [1.29, 1.82) is 0 Å². The molecule has 0 spiro atoms. The molecule has 0 fully saturated rings. The third kappa shape index (κ3) is 3.80. The average Bonchev–Trinajstić information content (AvgIpc) is 3.08. The van der Waals surface area contributed by atoms with Gasteiger partial charge in [-0.3, -0.25) is 4.68 Å². The normalized spacial score (nSPS) is 11.6. The largest absolute Gasteiger partial charge is 0.337 e. The molecule has 8 heteroatoms. The molecule has 0 aliphatic rings. The van der Waals surface area contributed by atoms with Crippen LogP contribution in [0.15, 0.2) is 72.1 Å². The highest BCUT2D eigenvalue weighted by molar-refractivity contribution is 7.90. The zero-order valence-electron chi connectivity index (χ0n) is 14.6. The fraction of sp³-hybridized carbons (Fsp3) is 0.105. The Kier molecular flexibility index (Phi) is 4.33. The smallest absolute Gasteiger partial charge is 0.175 e. The number of hydrogen-bond acceptors (Lipinski definition) is 6. The van der Waals surface area contributed by atoms with E-state index in [1.807, 2.05) is 41.2 Å². The van der Waals surface area contributed by atoms with Crippen molar-refractivity contribution in [3.8, 4) is 0 Å². The maximum absolute atomic E-state index is 11.8. The van der Waals surface area contributed by atoms with Gasteiger partial charge in [0.25, 0.3) is 0 Å². The minimum absolute atomic E-state index is 0.229. The highest BCUT2D eigenvalue weighted by Gasteiger charge is 2.12. The quantitative estimate of drug-likeness (QED) is 0.573. The van der Waals surface area contributed by atoms with Gasteiger partial charge in [0.1, 0.15) is 12.1 Å². The molecule has 1 N–H and O–H groups in total. The predicted molar refractivity (Wildman–Crippen MR) is 104 cm³/mol. The van der Waals surface area contributed by atoms with E-state index >= 15 is 0 Å². The van der Waals surface area contributed by atoms with Crippen molar-refractivity contribution in [2.24, 2.45) is 0 Å². The van der Waals surface area contributed by atoms with E-state index in [-0.39, 0.29) is 4.90 Å². The molecular formula is C19H17N5O2S. The number of benzene rings is 2. The van der Waals surface area contributed by atoms with Crippen molar-refractivity contribution in [2.45, 2.75) is 11.4 Å².